The molecule has 1 aromatic rings. The number of hydrogen-bond acceptors (Lipinski definition) is 3. The van der Waals surface area contributed by atoms with Gasteiger partial charge in [-0.25, -0.2) is 13.4 Å². The third-order valence-corrected chi connectivity index (χ3v) is 3.87. The maximum absolute atomic E-state index is 11.8. The maximum atomic E-state index is 11.8. The molecule has 0 fully saturated rings. The van der Waals surface area contributed by atoms with E-state index in [0.29, 0.717) is 5.69 Å². The topological polar surface area (TPSA) is 49.7 Å². The molecule has 0 radical (unpaired) electrons. The normalized spacial score (nSPS) is 18.0. The fourth-order valence-electron chi connectivity index (χ4n) is 1.30. The Balaban J connectivity index is 2.76. The SMILES string of the molecule is Cc1ccc2c(c1)S(=O)(=O)N(C)C=N2. The van der Waals surface area contributed by atoms with Crippen molar-refractivity contribution < 1.29 is 8.42 Å². The van der Waals surface area contributed by atoms with Gasteiger partial charge in [0.05, 0.1) is 5.69 Å². The van der Waals surface area contributed by atoms with E-state index in [-0.39, 0.29) is 4.90 Å². The summed E-state index contributed by atoms with van der Waals surface area (Å²) in [5, 5.41) is 0. The van der Waals surface area contributed by atoms with Crippen molar-refractivity contribution in [2.24, 2.45) is 4.99 Å². The summed E-state index contributed by atoms with van der Waals surface area (Å²) in [5.41, 5.74) is 1.42. The van der Waals surface area contributed by atoms with Gasteiger partial charge in [0, 0.05) is 7.05 Å². The quantitative estimate of drug-likeness (QED) is 0.647. The monoisotopic (exact) mass is 210 g/mol. The molecule has 1 heterocycles. The molecule has 5 heteroatoms. The lowest BCUT2D eigenvalue weighted by Gasteiger charge is -2.19. The van der Waals surface area contributed by atoms with Crippen LogP contribution in [0.4, 0.5) is 5.69 Å². The molecular weight excluding hydrogens is 200 g/mol. The zero-order valence-corrected chi connectivity index (χ0v) is 8.75. The summed E-state index contributed by atoms with van der Waals surface area (Å²) in [6.45, 7) is 1.86. The van der Waals surface area contributed by atoms with Gasteiger partial charge in [0.1, 0.15) is 11.2 Å². The molecule has 4 nitrogen and oxygen atoms in total. The molecule has 0 bridgehead atoms. The highest BCUT2D eigenvalue weighted by atomic mass is 32.2. The Kier molecular flexibility index (Phi) is 1.85. The number of rotatable bonds is 0. The summed E-state index contributed by atoms with van der Waals surface area (Å²) < 4.78 is 24.7. The summed E-state index contributed by atoms with van der Waals surface area (Å²) in [5.74, 6) is 0. The molecule has 1 aliphatic heterocycles. The van der Waals surface area contributed by atoms with E-state index in [9.17, 15) is 8.42 Å². The molecule has 0 saturated heterocycles. The standard InChI is InChI=1S/C9H10N2O2S/c1-7-3-4-8-9(5-7)14(12,13)11(2)6-10-8/h3-6H,1-2H3. The van der Waals surface area contributed by atoms with Crippen LogP contribution in [0.25, 0.3) is 0 Å². The Hall–Kier alpha value is -1.36. The zero-order valence-electron chi connectivity index (χ0n) is 7.93. The molecule has 0 aliphatic carbocycles. The number of aliphatic imine (C=N–C) groups is 1. The Labute approximate surface area is 82.9 Å². The van der Waals surface area contributed by atoms with Crippen LogP contribution < -0.4 is 0 Å². The third kappa shape index (κ3) is 1.21. The minimum absolute atomic E-state index is 0.280. The Bertz CT molecular complexity index is 506. The second-order valence-electron chi connectivity index (χ2n) is 3.24. The first-order valence-corrected chi connectivity index (χ1v) is 5.59. The van der Waals surface area contributed by atoms with Crippen LogP contribution in [0.5, 0.6) is 0 Å². The molecular formula is C9H10N2O2S. The fraction of sp³-hybridized carbons (Fsp3) is 0.222. The van der Waals surface area contributed by atoms with Gasteiger partial charge in [0.25, 0.3) is 10.0 Å². The minimum atomic E-state index is -3.36. The Morgan fingerprint density at radius 2 is 2.07 bits per heavy atom. The van der Waals surface area contributed by atoms with Crippen molar-refractivity contribution in [3.8, 4) is 0 Å². The average Bonchev–Trinajstić information content (AvgIpc) is 2.13. The summed E-state index contributed by atoms with van der Waals surface area (Å²) in [6, 6.07) is 5.19. The summed E-state index contributed by atoms with van der Waals surface area (Å²) in [6.07, 6.45) is 1.31. The van der Waals surface area contributed by atoms with E-state index in [4.69, 9.17) is 0 Å². The summed E-state index contributed by atoms with van der Waals surface area (Å²) >= 11 is 0. The van der Waals surface area contributed by atoms with Crippen LogP contribution in [0.3, 0.4) is 0 Å². The van der Waals surface area contributed by atoms with Gasteiger partial charge in [0.2, 0.25) is 0 Å². The first-order valence-electron chi connectivity index (χ1n) is 4.15. The van der Waals surface area contributed by atoms with Crippen molar-refractivity contribution in [1.82, 2.24) is 4.31 Å². The predicted octanol–water partition coefficient (Wildman–Crippen LogP) is 1.29. The fourth-order valence-corrected chi connectivity index (χ4v) is 2.50. The molecule has 0 atom stereocenters. The van der Waals surface area contributed by atoms with Crippen LogP contribution in [-0.4, -0.2) is 26.1 Å². The first-order chi connectivity index (χ1) is 6.51. The van der Waals surface area contributed by atoms with Crippen LogP contribution in [0.2, 0.25) is 0 Å². The average molecular weight is 210 g/mol. The van der Waals surface area contributed by atoms with E-state index in [1.54, 1.807) is 12.1 Å². The Morgan fingerprint density at radius 3 is 2.79 bits per heavy atom. The smallest absolute Gasteiger partial charge is 0.259 e. The van der Waals surface area contributed by atoms with E-state index in [0.717, 1.165) is 9.87 Å². The second kappa shape index (κ2) is 2.81. The summed E-state index contributed by atoms with van der Waals surface area (Å²) in [4.78, 5) is 4.31. The van der Waals surface area contributed by atoms with Crippen LogP contribution >= 0.6 is 0 Å². The van der Waals surface area contributed by atoms with Gasteiger partial charge in [-0.05, 0) is 24.6 Å². The molecule has 2 rings (SSSR count). The van der Waals surface area contributed by atoms with Gasteiger partial charge in [-0.3, -0.25) is 4.31 Å². The molecule has 0 amide bonds. The molecule has 74 valence electrons. The molecule has 0 unspecified atom stereocenters. The number of hydrogen-bond donors (Lipinski definition) is 0. The largest absolute Gasteiger partial charge is 0.266 e. The molecule has 0 spiro atoms. The number of benzene rings is 1. The molecule has 1 aliphatic rings. The molecule has 14 heavy (non-hydrogen) atoms. The van der Waals surface area contributed by atoms with Crippen molar-refractivity contribution in [2.45, 2.75) is 11.8 Å². The van der Waals surface area contributed by atoms with Crippen molar-refractivity contribution in [3.05, 3.63) is 23.8 Å². The zero-order chi connectivity index (χ0) is 10.3. The molecule has 0 N–H and O–H groups in total. The van der Waals surface area contributed by atoms with E-state index < -0.39 is 10.0 Å². The number of aryl methyl sites for hydroxylation is 1. The van der Waals surface area contributed by atoms with Crippen molar-refractivity contribution in [2.75, 3.05) is 7.05 Å². The first kappa shape index (κ1) is 9.21. The van der Waals surface area contributed by atoms with Crippen LogP contribution in [0.1, 0.15) is 5.56 Å². The van der Waals surface area contributed by atoms with E-state index in [1.807, 2.05) is 13.0 Å². The van der Waals surface area contributed by atoms with Crippen LogP contribution in [0, 0.1) is 6.92 Å². The number of nitrogens with zero attached hydrogens (tertiary/aromatic N) is 2. The van der Waals surface area contributed by atoms with Gasteiger partial charge in [0.15, 0.2) is 0 Å². The molecule has 1 aromatic carbocycles. The van der Waals surface area contributed by atoms with Gasteiger partial charge < -0.3 is 0 Å². The Morgan fingerprint density at radius 1 is 1.36 bits per heavy atom. The molecule has 0 aromatic heterocycles. The van der Waals surface area contributed by atoms with Crippen LogP contribution in [-0.2, 0) is 10.0 Å². The van der Waals surface area contributed by atoms with Gasteiger partial charge in [-0.15, -0.1) is 0 Å². The van der Waals surface area contributed by atoms with Crippen LogP contribution in [0.15, 0.2) is 28.1 Å². The minimum Gasteiger partial charge on any atom is -0.259 e. The third-order valence-electron chi connectivity index (χ3n) is 2.13. The number of fused-ring (bicyclic) bond motifs is 1. The summed E-state index contributed by atoms with van der Waals surface area (Å²) in [7, 11) is -1.88. The highest BCUT2D eigenvalue weighted by Crippen LogP contribution is 2.29. The molecule has 0 saturated carbocycles. The lowest BCUT2D eigenvalue weighted by atomic mass is 10.2. The lowest BCUT2D eigenvalue weighted by Crippen LogP contribution is -2.27. The van der Waals surface area contributed by atoms with E-state index in [2.05, 4.69) is 4.99 Å². The van der Waals surface area contributed by atoms with Crippen molar-refractivity contribution >= 4 is 22.0 Å². The van der Waals surface area contributed by atoms with E-state index >= 15 is 0 Å². The second-order valence-corrected chi connectivity index (χ2v) is 5.20. The van der Waals surface area contributed by atoms with E-state index in [1.165, 1.54) is 13.4 Å². The lowest BCUT2D eigenvalue weighted by molar-refractivity contribution is 0.553. The number of sulfonamides is 1. The van der Waals surface area contributed by atoms with Crippen molar-refractivity contribution in [1.29, 1.82) is 0 Å². The van der Waals surface area contributed by atoms with Gasteiger partial charge in [-0.2, -0.15) is 0 Å². The highest BCUT2D eigenvalue weighted by molar-refractivity contribution is 7.89. The van der Waals surface area contributed by atoms with Crippen molar-refractivity contribution in [3.63, 3.8) is 0 Å². The maximum Gasteiger partial charge on any atom is 0.266 e. The highest BCUT2D eigenvalue weighted by Gasteiger charge is 2.25. The predicted molar refractivity (Wildman–Crippen MR) is 54.3 cm³/mol. The van der Waals surface area contributed by atoms with Gasteiger partial charge >= 0.3 is 0 Å². The van der Waals surface area contributed by atoms with Gasteiger partial charge in [-0.1, -0.05) is 6.07 Å².